The van der Waals surface area contributed by atoms with Gasteiger partial charge in [0, 0.05) is 5.56 Å². The third-order valence-electron chi connectivity index (χ3n) is 1.71. The van der Waals surface area contributed by atoms with Crippen LogP contribution in [0.15, 0.2) is 6.20 Å². The number of rotatable bonds is 3. The zero-order valence-electron chi connectivity index (χ0n) is 7.23. The van der Waals surface area contributed by atoms with Crippen molar-refractivity contribution in [2.24, 2.45) is 0 Å². The molecule has 0 spiro atoms. The molecule has 6 heteroatoms. The number of halogens is 4. The number of pyridine rings is 1. The predicted octanol–water partition coefficient (Wildman–Crippen LogP) is 3.42. The molecule has 0 amide bonds. The van der Waals surface area contributed by atoms with E-state index in [9.17, 15) is 8.78 Å². The van der Waals surface area contributed by atoms with Gasteiger partial charge in [0.05, 0.1) is 24.8 Å². The zero-order chi connectivity index (χ0) is 10.7. The minimum Gasteiger partial charge on any atom is -0.495 e. The Labute approximate surface area is 89.8 Å². The van der Waals surface area contributed by atoms with E-state index in [0.717, 1.165) is 6.20 Å². The lowest BCUT2D eigenvalue weighted by atomic mass is 10.1. The largest absolute Gasteiger partial charge is 0.495 e. The normalized spacial score (nSPS) is 10.7. The van der Waals surface area contributed by atoms with Crippen LogP contribution in [-0.2, 0) is 5.88 Å². The van der Waals surface area contributed by atoms with Gasteiger partial charge >= 0.3 is 0 Å². The van der Waals surface area contributed by atoms with Crippen molar-refractivity contribution in [3.8, 4) is 5.75 Å². The van der Waals surface area contributed by atoms with Crippen LogP contribution >= 0.6 is 23.2 Å². The highest BCUT2D eigenvalue weighted by molar-refractivity contribution is 6.31. The van der Waals surface area contributed by atoms with Crippen LogP contribution in [0.5, 0.6) is 5.75 Å². The number of alkyl halides is 3. The smallest absolute Gasteiger partial charge is 0.267 e. The maximum atomic E-state index is 12.6. The fraction of sp³-hybridized carbons (Fsp3) is 0.375. The summed E-state index contributed by atoms with van der Waals surface area (Å²) in [7, 11) is 1.29. The molecule has 1 heterocycles. The molecular weight excluding hydrogens is 235 g/mol. The summed E-state index contributed by atoms with van der Waals surface area (Å²) in [5.41, 5.74) is -0.176. The Hall–Kier alpha value is -0.610. The van der Waals surface area contributed by atoms with Gasteiger partial charge in [-0.2, -0.15) is 0 Å². The molecule has 78 valence electrons. The van der Waals surface area contributed by atoms with Crippen LogP contribution in [0.1, 0.15) is 17.6 Å². The van der Waals surface area contributed by atoms with Crippen molar-refractivity contribution in [1.29, 1.82) is 0 Å². The molecule has 0 bridgehead atoms. The first kappa shape index (κ1) is 11.5. The van der Waals surface area contributed by atoms with Gasteiger partial charge in [-0.15, -0.1) is 11.6 Å². The van der Waals surface area contributed by atoms with Gasteiger partial charge in [-0.3, -0.25) is 0 Å². The SMILES string of the molecule is COc1cnc(Cl)c(CCl)c1C(F)F. The molecular formula is C8H7Cl2F2NO. The van der Waals surface area contributed by atoms with Crippen LogP contribution < -0.4 is 4.74 Å². The van der Waals surface area contributed by atoms with E-state index in [1.807, 2.05) is 0 Å². The monoisotopic (exact) mass is 241 g/mol. The Morgan fingerprint density at radius 1 is 1.57 bits per heavy atom. The third-order valence-corrected chi connectivity index (χ3v) is 2.30. The average Bonchev–Trinajstić information content (AvgIpc) is 2.17. The van der Waals surface area contributed by atoms with Gasteiger partial charge in [-0.1, -0.05) is 11.6 Å². The maximum absolute atomic E-state index is 12.6. The third kappa shape index (κ3) is 2.07. The molecule has 0 aliphatic heterocycles. The Kier molecular flexibility index (Phi) is 3.89. The summed E-state index contributed by atoms with van der Waals surface area (Å²) in [6.07, 6.45) is -1.53. The van der Waals surface area contributed by atoms with E-state index in [2.05, 4.69) is 4.98 Å². The van der Waals surface area contributed by atoms with Crippen LogP contribution in [0.25, 0.3) is 0 Å². The standard InChI is InChI=1S/C8H7Cl2F2NO/c1-14-5-3-13-7(10)4(2-9)6(5)8(11)12/h3,8H,2H2,1H3. The van der Waals surface area contributed by atoms with E-state index >= 15 is 0 Å². The lowest BCUT2D eigenvalue weighted by Gasteiger charge is -2.11. The van der Waals surface area contributed by atoms with Gasteiger partial charge in [0.15, 0.2) is 0 Å². The van der Waals surface area contributed by atoms with E-state index in [4.69, 9.17) is 27.9 Å². The minimum atomic E-state index is -2.68. The molecule has 0 unspecified atom stereocenters. The van der Waals surface area contributed by atoms with Crippen molar-refractivity contribution in [2.45, 2.75) is 12.3 Å². The molecule has 0 aromatic carbocycles. The first-order valence-electron chi connectivity index (χ1n) is 3.67. The summed E-state index contributed by atoms with van der Waals surface area (Å²) in [4.78, 5) is 3.69. The predicted molar refractivity (Wildman–Crippen MR) is 50.3 cm³/mol. The van der Waals surface area contributed by atoms with Gasteiger partial charge in [-0.05, 0) is 0 Å². The lowest BCUT2D eigenvalue weighted by molar-refractivity contribution is 0.146. The minimum absolute atomic E-state index is 0.0000463. The summed E-state index contributed by atoms with van der Waals surface area (Å²) in [5, 5.41) is -0.0175. The van der Waals surface area contributed by atoms with Crippen molar-refractivity contribution in [1.82, 2.24) is 4.98 Å². The molecule has 0 aliphatic carbocycles. The second kappa shape index (κ2) is 4.75. The Morgan fingerprint density at radius 3 is 2.64 bits per heavy atom. The van der Waals surface area contributed by atoms with E-state index in [1.165, 1.54) is 7.11 Å². The summed E-state index contributed by atoms with van der Waals surface area (Å²) in [6, 6.07) is 0. The maximum Gasteiger partial charge on any atom is 0.267 e. The van der Waals surface area contributed by atoms with E-state index in [1.54, 1.807) is 0 Å². The molecule has 0 N–H and O–H groups in total. The van der Waals surface area contributed by atoms with Crippen molar-refractivity contribution in [3.05, 3.63) is 22.5 Å². The highest BCUT2D eigenvalue weighted by atomic mass is 35.5. The molecule has 1 aromatic heterocycles. The van der Waals surface area contributed by atoms with Crippen molar-refractivity contribution in [2.75, 3.05) is 7.11 Å². The average molecular weight is 242 g/mol. The topological polar surface area (TPSA) is 22.1 Å². The Morgan fingerprint density at radius 2 is 2.21 bits per heavy atom. The second-order valence-corrected chi connectivity index (χ2v) is 3.07. The molecule has 0 aliphatic rings. The van der Waals surface area contributed by atoms with Gasteiger partial charge in [-0.25, -0.2) is 13.8 Å². The lowest BCUT2D eigenvalue weighted by Crippen LogP contribution is -2.00. The summed E-state index contributed by atoms with van der Waals surface area (Å²) in [5.74, 6) is -0.122. The van der Waals surface area contributed by atoms with Crippen molar-refractivity contribution >= 4 is 23.2 Å². The Balaban J connectivity index is 3.36. The molecule has 0 saturated heterocycles. The Bertz CT molecular complexity index is 333. The molecule has 14 heavy (non-hydrogen) atoms. The van der Waals surface area contributed by atoms with Crippen molar-refractivity contribution < 1.29 is 13.5 Å². The second-order valence-electron chi connectivity index (χ2n) is 2.44. The van der Waals surface area contributed by atoms with Crippen LogP contribution in [0.3, 0.4) is 0 Å². The van der Waals surface area contributed by atoms with Crippen molar-refractivity contribution in [3.63, 3.8) is 0 Å². The highest BCUT2D eigenvalue weighted by Crippen LogP contribution is 2.35. The first-order valence-corrected chi connectivity index (χ1v) is 4.58. The number of nitrogens with zero attached hydrogens (tertiary/aromatic N) is 1. The zero-order valence-corrected chi connectivity index (χ0v) is 8.74. The quantitative estimate of drug-likeness (QED) is 0.598. The fourth-order valence-corrected chi connectivity index (χ4v) is 1.61. The fourth-order valence-electron chi connectivity index (χ4n) is 1.05. The summed E-state index contributed by atoms with van der Waals surface area (Å²) >= 11 is 11.1. The highest BCUT2D eigenvalue weighted by Gasteiger charge is 2.21. The molecule has 1 aromatic rings. The summed E-state index contributed by atoms with van der Waals surface area (Å²) in [6.45, 7) is 0. The number of ether oxygens (including phenoxy) is 1. The molecule has 2 nitrogen and oxygen atoms in total. The first-order chi connectivity index (χ1) is 6.61. The van der Waals surface area contributed by atoms with E-state index < -0.39 is 6.43 Å². The van der Waals surface area contributed by atoms with Crippen LogP contribution in [0, 0.1) is 0 Å². The van der Waals surface area contributed by atoms with Crippen LogP contribution in [-0.4, -0.2) is 12.1 Å². The number of hydrogen-bond acceptors (Lipinski definition) is 2. The molecule has 0 saturated carbocycles. The van der Waals surface area contributed by atoms with Gasteiger partial charge < -0.3 is 4.74 Å². The number of aromatic nitrogens is 1. The number of methoxy groups -OCH3 is 1. The molecule has 0 atom stereocenters. The van der Waals surface area contributed by atoms with Gasteiger partial charge in [0.2, 0.25) is 0 Å². The van der Waals surface area contributed by atoms with E-state index in [0.29, 0.717) is 0 Å². The van der Waals surface area contributed by atoms with E-state index in [-0.39, 0.29) is 27.9 Å². The molecule has 1 rings (SSSR count). The van der Waals surface area contributed by atoms with Gasteiger partial charge in [0.1, 0.15) is 10.9 Å². The molecule has 0 fully saturated rings. The summed E-state index contributed by atoms with van der Waals surface area (Å²) < 4.78 is 30.0. The van der Waals surface area contributed by atoms with Crippen LogP contribution in [0.4, 0.5) is 8.78 Å². The number of hydrogen-bond donors (Lipinski definition) is 0. The van der Waals surface area contributed by atoms with Gasteiger partial charge in [0.25, 0.3) is 6.43 Å². The van der Waals surface area contributed by atoms with Crippen LogP contribution in [0.2, 0.25) is 5.15 Å². The molecule has 0 radical (unpaired) electrons.